The molecule has 0 fully saturated rings. The lowest BCUT2D eigenvalue weighted by Crippen LogP contribution is -2.08. The van der Waals surface area contributed by atoms with Gasteiger partial charge in [0.15, 0.2) is 0 Å². The quantitative estimate of drug-likeness (QED) is 0.607. The highest BCUT2D eigenvalue weighted by Gasteiger charge is 2.12. The van der Waals surface area contributed by atoms with Crippen LogP contribution in [-0.2, 0) is 13.0 Å². The SMILES string of the molecule is c1ncc2c(cc3n2CCCC3)n1. The summed E-state index contributed by atoms with van der Waals surface area (Å²) >= 11 is 0. The molecular formula is C10H11N3. The lowest BCUT2D eigenvalue weighted by molar-refractivity contribution is 0.544. The van der Waals surface area contributed by atoms with Gasteiger partial charge in [-0.3, -0.25) is 0 Å². The van der Waals surface area contributed by atoms with Gasteiger partial charge in [-0.05, 0) is 25.3 Å². The van der Waals surface area contributed by atoms with Crippen LogP contribution in [0.2, 0.25) is 0 Å². The van der Waals surface area contributed by atoms with Gasteiger partial charge in [-0.15, -0.1) is 0 Å². The van der Waals surface area contributed by atoms with E-state index in [2.05, 4.69) is 20.6 Å². The molecule has 0 saturated heterocycles. The van der Waals surface area contributed by atoms with Gasteiger partial charge in [0, 0.05) is 12.2 Å². The highest BCUT2D eigenvalue weighted by molar-refractivity contribution is 5.76. The van der Waals surface area contributed by atoms with Crippen molar-refractivity contribution in [2.45, 2.75) is 25.8 Å². The van der Waals surface area contributed by atoms with Crippen molar-refractivity contribution in [1.82, 2.24) is 14.5 Å². The van der Waals surface area contributed by atoms with Crippen molar-refractivity contribution >= 4 is 11.0 Å². The number of hydrogen-bond acceptors (Lipinski definition) is 2. The first-order valence-electron chi connectivity index (χ1n) is 4.73. The van der Waals surface area contributed by atoms with Crippen molar-refractivity contribution in [1.29, 1.82) is 0 Å². The summed E-state index contributed by atoms with van der Waals surface area (Å²) < 4.78 is 2.35. The summed E-state index contributed by atoms with van der Waals surface area (Å²) in [7, 11) is 0. The first-order chi connectivity index (χ1) is 6.45. The minimum Gasteiger partial charge on any atom is -0.342 e. The second-order valence-electron chi connectivity index (χ2n) is 3.54. The third-order valence-electron chi connectivity index (χ3n) is 2.73. The lowest BCUT2D eigenvalue weighted by Gasteiger charge is -2.14. The molecule has 0 saturated carbocycles. The number of rotatable bonds is 0. The zero-order valence-corrected chi connectivity index (χ0v) is 7.40. The second-order valence-corrected chi connectivity index (χ2v) is 3.54. The molecule has 0 bridgehead atoms. The monoisotopic (exact) mass is 173 g/mol. The molecule has 0 atom stereocenters. The number of fused-ring (bicyclic) bond motifs is 3. The van der Waals surface area contributed by atoms with E-state index >= 15 is 0 Å². The van der Waals surface area contributed by atoms with Crippen molar-refractivity contribution in [3.63, 3.8) is 0 Å². The zero-order valence-electron chi connectivity index (χ0n) is 7.40. The first-order valence-corrected chi connectivity index (χ1v) is 4.73. The second kappa shape index (κ2) is 2.55. The Bertz CT molecular complexity index is 444. The van der Waals surface area contributed by atoms with Crippen LogP contribution in [0.25, 0.3) is 11.0 Å². The van der Waals surface area contributed by atoms with Crippen LogP contribution in [0.15, 0.2) is 18.6 Å². The fourth-order valence-electron chi connectivity index (χ4n) is 2.09. The number of nitrogens with zero attached hydrogens (tertiary/aromatic N) is 3. The third kappa shape index (κ3) is 0.963. The molecule has 0 amide bonds. The summed E-state index contributed by atoms with van der Waals surface area (Å²) in [6, 6.07) is 2.19. The van der Waals surface area contributed by atoms with E-state index in [1.165, 1.54) is 30.5 Å². The molecule has 0 unspecified atom stereocenters. The first kappa shape index (κ1) is 7.06. The van der Waals surface area contributed by atoms with Gasteiger partial charge in [-0.1, -0.05) is 0 Å². The van der Waals surface area contributed by atoms with E-state index in [9.17, 15) is 0 Å². The standard InChI is InChI=1S/C10H11N3/c1-2-4-13-8(3-1)5-9-10(13)6-11-7-12-9/h5-7H,1-4H2. The molecule has 0 aromatic carbocycles. The van der Waals surface area contributed by atoms with E-state index in [1.807, 2.05) is 6.20 Å². The fraction of sp³-hybridized carbons (Fsp3) is 0.400. The zero-order chi connectivity index (χ0) is 8.67. The minimum atomic E-state index is 1.09. The van der Waals surface area contributed by atoms with Gasteiger partial charge in [-0.2, -0.15) is 0 Å². The van der Waals surface area contributed by atoms with Crippen LogP contribution >= 0.6 is 0 Å². The summed E-state index contributed by atoms with van der Waals surface area (Å²) in [6.45, 7) is 1.13. The molecule has 0 radical (unpaired) electrons. The molecule has 1 aliphatic rings. The number of aromatic nitrogens is 3. The molecular weight excluding hydrogens is 162 g/mol. The molecule has 13 heavy (non-hydrogen) atoms. The van der Waals surface area contributed by atoms with Gasteiger partial charge >= 0.3 is 0 Å². The van der Waals surface area contributed by atoms with Crippen LogP contribution in [0.1, 0.15) is 18.5 Å². The van der Waals surface area contributed by atoms with Crippen LogP contribution < -0.4 is 0 Å². The highest BCUT2D eigenvalue weighted by Crippen LogP contribution is 2.22. The summed E-state index contributed by atoms with van der Waals surface area (Å²) in [5.74, 6) is 0. The predicted octanol–water partition coefficient (Wildman–Crippen LogP) is 1.77. The van der Waals surface area contributed by atoms with Crippen molar-refractivity contribution in [2.75, 3.05) is 0 Å². The fourth-order valence-corrected chi connectivity index (χ4v) is 2.09. The van der Waals surface area contributed by atoms with E-state index in [1.54, 1.807) is 6.33 Å². The Morgan fingerprint density at radius 3 is 3.31 bits per heavy atom. The van der Waals surface area contributed by atoms with Crippen molar-refractivity contribution < 1.29 is 0 Å². The van der Waals surface area contributed by atoms with E-state index < -0.39 is 0 Å². The number of hydrogen-bond donors (Lipinski definition) is 0. The van der Waals surface area contributed by atoms with Crippen molar-refractivity contribution in [3.8, 4) is 0 Å². The maximum atomic E-state index is 4.25. The van der Waals surface area contributed by atoms with Crippen LogP contribution in [0.5, 0.6) is 0 Å². The molecule has 3 heteroatoms. The minimum absolute atomic E-state index is 1.09. The van der Waals surface area contributed by atoms with Crippen molar-refractivity contribution in [2.24, 2.45) is 0 Å². The highest BCUT2D eigenvalue weighted by atomic mass is 15.0. The maximum Gasteiger partial charge on any atom is 0.116 e. The predicted molar refractivity (Wildman–Crippen MR) is 50.5 cm³/mol. The van der Waals surface area contributed by atoms with Gasteiger partial charge in [-0.25, -0.2) is 9.97 Å². The van der Waals surface area contributed by atoms with Gasteiger partial charge in [0.1, 0.15) is 6.33 Å². The number of aryl methyl sites for hydroxylation is 2. The molecule has 1 aliphatic heterocycles. The summed E-state index contributed by atoms with van der Waals surface area (Å²) in [5.41, 5.74) is 3.70. The molecule has 0 spiro atoms. The average Bonchev–Trinajstić information content (AvgIpc) is 2.56. The Morgan fingerprint density at radius 1 is 1.31 bits per heavy atom. The summed E-state index contributed by atoms with van der Waals surface area (Å²) in [4.78, 5) is 8.32. The lowest BCUT2D eigenvalue weighted by atomic mass is 10.1. The molecule has 66 valence electrons. The Balaban J connectivity index is 2.34. The molecule has 2 aromatic rings. The van der Waals surface area contributed by atoms with E-state index in [-0.39, 0.29) is 0 Å². The Hall–Kier alpha value is -1.38. The maximum absolute atomic E-state index is 4.25. The normalized spacial score (nSPS) is 16.0. The molecule has 2 aromatic heterocycles. The molecule has 0 aliphatic carbocycles. The van der Waals surface area contributed by atoms with E-state index in [0.29, 0.717) is 0 Å². The van der Waals surface area contributed by atoms with E-state index in [4.69, 9.17) is 0 Å². The smallest absolute Gasteiger partial charge is 0.116 e. The Labute approximate surface area is 76.4 Å². The molecule has 3 rings (SSSR count). The van der Waals surface area contributed by atoms with Crippen LogP contribution in [0.4, 0.5) is 0 Å². The summed E-state index contributed by atoms with van der Waals surface area (Å²) in [6.07, 6.45) is 7.32. The van der Waals surface area contributed by atoms with Gasteiger partial charge in [0.05, 0.1) is 17.2 Å². The third-order valence-corrected chi connectivity index (χ3v) is 2.73. The largest absolute Gasteiger partial charge is 0.342 e. The van der Waals surface area contributed by atoms with Gasteiger partial charge in [0.25, 0.3) is 0 Å². The van der Waals surface area contributed by atoms with Gasteiger partial charge in [0.2, 0.25) is 0 Å². The Morgan fingerprint density at radius 2 is 2.31 bits per heavy atom. The van der Waals surface area contributed by atoms with Crippen molar-refractivity contribution in [3.05, 3.63) is 24.3 Å². The van der Waals surface area contributed by atoms with E-state index in [0.717, 1.165) is 12.1 Å². The van der Waals surface area contributed by atoms with Gasteiger partial charge < -0.3 is 4.57 Å². The topological polar surface area (TPSA) is 30.7 Å². The van der Waals surface area contributed by atoms with Crippen LogP contribution in [0, 0.1) is 0 Å². The molecule has 3 heterocycles. The van der Waals surface area contributed by atoms with Crippen LogP contribution in [-0.4, -0.2) is 14.5 Å². The van der Waals surface area contributed by atoms with Crippen LogP contribution in [0.3, 0.4) is 0 Å². The summed E-state index contributed by atoms with van der Waals surface area (Å²) in [5, 5.41) is 0. The molecule has 3 nitrogen and oxygen atoms in total. The molecule has 0 N–H and O–H groups in total. The average molecular weight is 173 g/mol. The Kier molecular flexibility index (Phi) is 1.39.